The lowest BCUT2D eigenvalue weighted by Crippen LogP contribution is -2.45. The Morgan fingerprint density at radius 2 is 2.04 bits per heavy atom. The number of rotatable bonds is 2. The Hall–Kier alpha value is -2.10. The normalized spacial score (nSPS) is 19.4. The number of carbonyl (C=O) groups excluding carboxylic acids is 1. The molecule has 2 aromatic rings. The number of hydrogen-bond donors (Lipinski definition) is 0. The van der Waals surface area contributed by atoms with E-state index in [1.54, 1.807) is 0 Å². The summed E-state index contributed by atoms with van der Waals surface area (Å²) < 4.78 is 5.56. The number of benzene rings is 1. The average molecular weight is 327 g/mol. The molecule has 0 saturated heterocycles. The number of anilines is 1. The van der Waals surface area contributed by atoms with Gasteiger partial charge in [0, 0.05) is 41.7 Å². The van der Waals surface area contributed by atoms with E-state index in [-0.39, 0.29) is 17.7 Å². The van der Waals surface area contributed by atoms with Crippen LogP contribution < -0.4 is 10.5 Å². The minimum Gasteiger partial charge on any atom is -0.422 e. The van der Waals surface area contributed by atoms with Crippen LogP contribution in [0, 0.1) is 6.92 Å². The van der Waals surface area contributed by atoms with Gasteiger partial charge < -0.3 is 9.32 Å². The standard InChI is InChI=1S/C20H25NO3/c1-11-10-20(4,5)21(6)17-9-18-15(8-14(11)17)13(3)16(7-12(2)22)19(23)24-18/h8-9,11H,7,10H2,1-6H3. The van der Waals surface area contributed by atoms with Crippen LogP contribution in [0.3, 0.4) is 0 Å². The van der Waals surface area contributed by atoms with E-state index in [4.69, 9.17) is 4.42 Å². The van der Waals surface area contributed by atoms with Crippen molar-refractivity contribution < 1.29 is 9.21 Å². The molecule has 1 aliphatic rings. The van der Waals surface area contributed by atoms with Gasteiger partial charge in [0.2, 0.25) is 0 Å². The van der Waals surface area contributed by atoms with Gasteiger partial charge in [-0.3, -0.25) is 4.79 Å². The number of fused-ring (bicyclic) bond motifs is 2. The maximum Gasteiger partial charge on any atom is 0.340 e. The van der Waals surface area contributed by atoms with Crippen molar-refractivity contribution in [3.05, 3.63) is 39.2 Å². The molecule has 3 rings (SSSR count). The van der Waals surface area contributed by atoms with Crippen molar-refractivity contribution >= 4 is 22.4 Å². The molecule has 24 heavy (non-hydrogen) atoms. The van der Waals surface area contributed by atoms with Gasteiger partial charge in [-0.2, -0.15) is 0 Å². The van der Waals surface area contributed by atoms with Crippen LogP contribution in [0.4, 0.5) is 5.69 Å². The number of Topliss-reactive ketones (excluding diaryl/α,β-unsaturated/α-hetero) is 1. The number of ketones is 1. The third-order valence-electron chi connectivity index (χ3n) is 5.47. The minimum atomic E-state index is -0.402. The quantitative estimate of drug-likeness (QED) is 0.784. The first-order valence-electron chi connectivity index (χ1n) is 8.45. The van der Waals surface area contributed by atoms with Crippen molar-refractivity contribution in [3.8, 4) is 0 Å². The van der Waals surface area contributed by atoms with Crippen molar-refractivity contribution in [2.45, 2.75) is 58.9 Å². The summed E-state index contributed by atoms with van der Waals surface area (Å²) in [6.45, 7) is 10.1. The zero-order valence-electron chi connectivity index (χ0n) is 15.3. The highest BCUT2D eigenvalue weighted by Crippen LogP contribution is 2.44. The second kappa shape index (κ2) is 5.47. The van der Waals surface area contributed by atoms with Gasteiger partial charge in [0.05, 0.1) is 0 Å². The third-order valence-corrected chi connectivity index (χ3v) is 5.47. The van der Waals surface area contributed by atoms with Crippen LogP contribution >= 0.6 is 0 Å². The van der Waals surface area contributed by atoms with Crippen LogP contribution in [0.2, 0.25) is 0 Å². The van der Waals surface area contributed by atoms with E-state index in [2.05, 4.69) is 38.8 Å². The molecule has 0 bridgehead atoms. The van der Waals surface area contributed by atoms with E-state index in [1.165, 1.54) is 12.5 Å². The average Bonchev–Trinajstić information content (AvgIpc) is 2.47. The van der Waals surface area contributed by atoms with E-state index in [1.807, 2.05) is 13.0 Å². The number of hydrogen-bond acceptors (Lipinski definition) is 4. The zero-order valence-corrected chi connectivity index (χ0v) is 15.3. The Bertz CT molecular complexity index is 892. The highest BCUT2D eigenvalue weighted by atomic mass is 16.4. The van der Waals surface area contributed by atoms with E-state index < -0.39 is 5.63 Å². The van der Waals surface area contributed by atoms with Gasteiger partial charge in [-0.05, 0) is 57.2 Å². The van der Waals surface area contributed by atoms with Gasteiger partial charge in [-0.1, -0.05) is 6.92 Å². The lowest BCUT2D eigenvalue weighted by atomic mass is 9.80. The molecule has 1 aromatic carbocycles. The molecular formula is C20H25NO3. The molecule has 1 unspecified atom stereocenters. The summed E-state index contributed by atoms with van der Waals surface area (Å²) in [6, 6.07) is 4.12. The maximum absolute atomic E-state index is 12.3. The molecule has 0 saturated carbocycles. The van der Waals surface area contributed by atoms with Crippen molar-refractivity contribution in [2.24, 2.45) is 0 Å². The lowest BCUT2D eigenvalue weighted by molar-refractivity contribution is -0.116. The lowest BCUT2D eigenvalue weighted by Gasteiger charge is -2.45. The molecule has 2 heterocycles. The highest BCUT2D eigenvalue weighted by Gasteiger charge is 2.34. The largest absolute Gasteiger partial charge is 0.422 e. The summed E-state index contributed by atoms with van der Waals surface area (Å²) in [5.74, 6) is 0.399. The monoisotopic (exact) mass is 327 g/mol. The van der Waals surface area contributed by atoms with Crippen LogP contribution in [0.15, 0.2) is 21.3 Å². The molecule has 0 spiro atoms. The smallest absolute Gasteiger partial charge is 0.340 e. The topological polar surface area (TPSA) is 50.5 Å². The Balaban J connectivity index is 2.29. The second-order valence-electron chi connectivity index (χ2n) is 7.76. The second-order valence-corrected chi connectivity index (χ2v) is 7.76. The molecule has 1 aliphatic heterocycles. The molecule has 0 fully saturated rings. The van der Waals surface area contributed by atoms with Crippen molar-refractivity contribution in [1.82, 2.24) is 0 Å². The van der Waals surface area contributed by atoms with E-state index in [9.17, 15) is 9.59 Å². The number of carbonyl (C=O) groups is 1. The minimum absolute atomic E-state index is 0.0300. The summed E-state index contributed by atoms with van der Waals surface area (Å²) in [4.78, 5) is 26.0. The first-order valence-corrected chi connectivity index (χ1v) is 8.45. The first-order chi connectivity index (χ1) is 11.1. The van der Waals surface area contributed by atoms with Gasteiger partial charge in [0.25, 0.3) is 0 Å². The SMILES string of the molecule is CC(=O)Cc1c(C)c2cc3c(cc2oc1=O)N(C)C(C)(C)CC3C. The molecule has 0 amide bonds. The van der Waals surface area contributed by atoms with E-state index in [0.717, 1.165) is 23.1 Å². The Morgan fingerprint density at radius 3 is 2.67 bits per heavy atom. The highest BCUT2D eigenvalue weighted by molar-refractivity contribution is 5.88. The van der Waals surface area contributed by atoms with Gasteiger partial charge in [0.15, 0.2) is 0 Å². The van der Waals surface area contributed by atoms with Gasteiger partial charge in [-0.25, -0.2) is 4.79 Å². The molecule has 1 atom stereocenters. The maximum atomic E-state index is 12.3. The Morgan fingerprint density at radius 1 is 1.38 bits per heavy atom. The van der Waals surface area contributed by atoms with Crippen LogP contribution in [0.5, 0.6) is 0 Å². The number of aryl methyl sites for hydroxylation is 1. The summed E-state index contributed by atoms with van der Waals surface area (Å²) in [5.41, 5.74) is 3.99. The molecule has 4 nitrogen and oxygen atoms in total. The predicted molar refractivity (Wildman–Crippen MR) is 97.1 cm³/mol. The van der Waals surface area contributed by atoms with Crippen molar-refractivity contribution in [3.63, 3.8) is 0 Å². The van der Waals surface area contributed by atoms with Crippen molar-refractivity contribution in [1.29, 1.82) is 0 Å². The molecule has 0 N–H and O–H groups in total. The number of nitrogens with zero attached hydrogens (tertiary/aromatic N) is 1. The summed E-state index contributed by atoms with van der Waals surface area (Å²) in [5, 5.41) is 0.935. The summed E-state index contributed by atoms with van der Waals surface area (Å²) in [6.07, 6.45) is 1.20. The molecule has 0 aliphatic carbocycles. The third kappa shape index (κ3) is 2.54. The summed E-state index contributed by atoms with van der Waals surface area (Å²) >= 11 is 0. The van der Waals surface area contributed by atoms with Crippen LogP contribution in [0.25, 0.3) is 11.0 Å². The van der Waals surface area contributed by atoms with Gasteiger partial charge in [0.1, 0.15) is 11.4 Å². The zero-order chi connectivity index (χ0) is 17.8. The predicted octanol–water partition coefficient (Wildman–Crippen LogP) is 3.95. The Kier molecular flexibility index (Phi) is 3.82. The van der Waals surface area contributed by atoms with Gasteiger partial charge in [-0.15, -0.1) is 0 Å². The van der Waals surface area contributed by atoms with Crippen LogP contribution in [0.1, 0.15) is 56.7 Å². The molecule has 1 aromatic heterocycles. The van der Waals surface area contributed by atoms with Crippen molar-refractivity contribution in [2.75, 3.05) is 11.9 Å². The van der Waals surface area contributed by atoms with Crippen LogP contribution in [-0.4, -0.2) is 18.4 Å². The fourth-order valence-corrected chi connectivity index (χ4v) is 3.90. The molecule has 4 heteroatoms. The van der Waals surface area contributed by atoms with Crippen LogP contribution in [-0.2, 0) is 11.2 Å². The fraction of sp³-hybridized carbons (Fsp3) is 0.500. The molecule has 128 valence electrons. The van der Waals surface area contributed by atoms with Gasteiger partial charge >= 0.3 is 5.63 Å². The summed E-state index contributed by atoms with van der Waals surface area (Å²) in [7, 11) is 2.09. The fourth-order valence-electron chi connectivity index (χ4n) is 3.90. The molecular weight excluding hydrogens is 302 g/mol. The Labute approximate surface area is 142 Å². The first kappa shape index (κ1) is 16.7. The van der Waals surface area contributed by atoms with E-state index in [0.29, 0.717) is 17.1 Å². The molecule has 0 radical (unpaired) electrons. The van der Waals surface area contributed by atoms with E-state index >= 15 is 0 Å².